The molecule has 10 nitrogen and oxygen atoms in total. The lowest BCUT2D eigenvalue weighted by atomic mass is 10.0. The molecular weight excluding hydrogens is 424 g/mol. The number of rotatable bonds is 7. The van der Waals surface area contributed by atoms with Crippen LogP contribution in [0.15, 0.2) is 33.6 Å². The molecule has 1 atom stereocenters. The first-order chi connectivity index (χ1) is 15.8. The summed E-state index contributed by atoms with van der Waals surface area (Å²) in [6, 6.07) is 3.03. The molecule has 4 heterocycles. The number of nitrogens with zero attached hydrogens (tertiary/aromatic N) is 5. The fourth-order valence-electron chi connectivity index (χ4n) is 4.00. The molecule has 1 unspecified atom stereocenters. The van der Waals surface area contributed by atoms with Gasteiger partial charge in [0.2, 0.25) is 0 Å². The Balaban J connectivity index is 1.48. The van der Waals surface area contributed by atoms with Crippen LogP contribution in [0.2, 0.25) is 0 Å². The highest BCUT2D eigenvalue weighted by Crippen LogP contribution is 2.23. The van der Waals surface area contributed by atoms with Crippen molar-refractivity contribution in [1.29, 1.82) is 0 Å². The summed E-state index contributed by atoms with van der Waals surface area (Å²) in [6.45, 7) is 9.76. The number of nitrogens with one attached hydrogen (secondary N) is 1. The van der Waals surface area contributed by atoms with E-state index in [1.165, 1.54) is 12.5 Å². The van der Waals surface area contributed by atoms with Crippen LogP contribution in [-0.2, 0) is 19.4 Å². The zero-order valence-electron chi connectivity index (χ0n) is 19.4. The largest absolute Gasteiger partial charge is 0.472 e. The summed E-state index contributed by atoms with van der Waals surface area (Å²) in [5, 5.41) is 15.8. The van der Waals surface area contributed by atoms with E-state index in [-0.39, 0.29) is 23.8 Å². The predicted molar refractivity (Wildman–Crippen MR) is 118 cm³/mol. The summed E-state index contributed by atoms with van der Waals surface area (Å²) in [7, 11) is 0. The van der Waals surface area contributed by atoms with Gasteiger partial charge in [-0.1, -0.05) is 32.9 Å². The number of fused-ring (bicyclic) bond motifs is 1. The highest BCUT2D eigenvalue weighted by Gasteiger charge is 2.29. The second-order valence-electron chi connectivity index (χ2n) is 9.15. The second kappa shape index (κ2) is 9.60. The van der Waals surface area contributed by atoms with Crippen LogP contribution in [0.4, 0.5) is 0 Å². The Morgan fingerprint density at radius 3 is 2.67 bits per heavy atom. The lowest BCUT2D eigenvalue weighted by Crippen LogP contribution is -2.35. The van der Waals surface area contributed by atoms with Gasteiger partial charge < -0.3 is 23.7 Å². The van der Waals surface area contributed by atoms with Gasteiger partial charge >= 0.3 is 0 Å². The first-order valence-electron chi connectivity index (χ1n) is 11.3. The van der Waals surface area contributed by atoms with Crippen LogP contribution in [0, 0.1) is 11.8 Å². The molecule has 1 aliphatic rings. The predicted octanol–water partition coefficient (Wildman–Crippen LogP) is 2.88. The molecule has 1 N–H and O–H groups in total. The summed E-state index contributed by atoms with van der Waals surface area (Å²) in [4.78, 5) is 27.4. The lowest BCUT2D eigenvalue weighted by molar-refractivity contribution is 0.0748. The molecule has 0 saturated carbocycles. The zero-order valence-corrected chi connectivity index (χ0v) is 19.4. The molecule has 0 bridgehead atoms. The Labute approximate surface area is 192 Å². The molecule has 3 aromatic heterocycles. The van der Waals surface area contributed by atoms with Crippen LogP contribution in [0.3, 0.4) is 0 Å². The number of carbonyl (C=O) groups is 2. The number of furan rings is 1. The van der Waals surface area contributed by atoms with Crippen LogP contribution in [0.5, 0.6) is 0 Å². The van der Waals surface area contributed by atoms with E-state index in [0.29, 0.717) is 49.1 Å². The van der Waals surface area contributed by atoms with Gasteiger partial charge in [-0.2, -0.15) is 0 Å². The molecule has 0 saturated heterocycles. The molecule has 1 aliphatic heterocycles. The van der Waals surface area contributed by atoms with Crippen molar-refractivity contribution in [2.75, 3.05) is 13.1 Å². The van der Waals surface area contributed by atoms with Crippen molar-refractivity contribution in [3.05, 3.63) is 53.3 Å². The number of amides is 2. The van der Waals surface area contributed by atoms with Crippen molar-refractivity contribution in [3.63, 3.8) is 0 Å². The average molecular weight is 455 g/mol. The van der Waals surface area contributed by atoms with E-state index in [0.717, 1.165) is 18.0 Å². The molecular formula is C23H30N6O4. The molecule has 33 heavy (non-hydrogen) atoms. The molecule has 2 amide bonds. The zero-order chi connectivity index (χ0) is 23.5. The van der Waals surface area contributed by atoms with Gasteiger partial charge in [0.05, 0.1) is 17.9 Å². The van der Waals surface area contributed by atoms with Gasteiger partial charge in [0, 0.05) is 38.5 Å². The van der Waals surface area contributed by atoms with E-state index in [1.807, 2.05) is 18.4 Å². The van der Waals surface area contributed by atoms with E-state index in [2.05, 4.69) is 34.5 Å². The maximum atomic E-state index is 13.0. The molecule has 4 rings (SSSR count). The third kappa shape index (κ3) is 4.99. The van der Waals surface area contributed by atoms with Crippen LogP contribution < -0.4 is 5.32 Å². The summed E-state index contributed by atoms with van der Waals surface area (Å²) >= 11 is 0. The van der Waals surface area contributed by atoms with Gasteiger partial charge in [-0.25, -0.2) is 0 Å². The van der Waals surface area contributed by atoms with Crippen molar-refractivity contribution in [3.8, 4) is 0 Å². The van der Waals surface area contributed by atoms with Crippen molar-refractivity contribution >= 4 is 11.8 Å². The van der Waals surface area contributed by atoms with Crippen molar-refractivity contribution in [2.24, 2.45) is 11.8 Å². The monoisotopic (exact) mass is 454 g/mol. The Hall–Kier alpha value is -3.43. The fourth-order valence-corrected chi connectivity index (χ4v) is 4.00. The van der Waals surface area contributed by atoms with Crippen molar-refractivity contribution < 1.29 is 18.5 Å². The van der Waals surface area contributed by atoms with Gasteiger partial charge in [0.1, 0.15) is 17.8 Å². The topological polar surface area (TPSA) is 119 Å². The molecule has 0 spiro atoms. The van der Waals surface area contributed by atoms with Crippen LogP contribution in [0.25, 0.3) is 0 Å². The van der Waals surface area contributed by atoms with Crippen LogP contribution in [0.1, 0.15) is 72.0 Å². The Bertz CT molecular complexity index is 1100. The van der Waals surface area contributed by atoms with E-state index >= 15 is 0 Å². The molecule has 3 aromatic rings. The highest BCUT2D eigenvalue weighted by atomic mass is 16.5. The number of hydrogen-bond acceptors (Lipinski definition) is 7. The molecule has 176 valence electrons. The Morgan fingerprint density at radius 2 is 1.97 bits per heavy atom. The van der Waals surface area contributed by atoms with Gasteiger partial charge in [0.25, 0.3) is 11.8 Å². The van der Waals surface area contributed by atoms with Gasteiger partial charge in [0.15, 0.2) is 11.5 Å². The maximum absolute atomic E-state index is 13.0. The summed E-state index contributed by atoms with van der Waals surface area (Å²) in [5.74, 6) is 2.33. The van der Waals surface area contributed by atoms with Crippen molar-refractivity contribution in [2.45, 2.75) is 53.1 Å². The first-order valence-corrected chi connectivity index (χ1v) is 11.3. The standard InChI is InChI=1S/C23H30N6O4/c1-14(2)11-17-12-18(27-33-17)23(31)28-7-5-19-25-26-21(29(19)9-8-28)20(15(3)4)24-22(30)16-6-10-32-13-16/h6,10,12-15,20H,5,7-9,11H2,1-4H3,(H,24,30). The number of carbonyl (C=O) groups excluding carboxylic acids is 2. The minimum atomic E-state index is -0.329. The van der Waals surface area contributed by atoms with E-state index in [1.54, 1.807) is 17.0 Å². The van der Waals surface area contributed by atoms with Gasteiger partial charge in [-0.05, 0) is 17.9 Å². The minimum absolute atomic E-state index is 0.0876. The third-order valence-corrected chi connectivity index (χ3v) is 5.74. The quantitative estimate of drug-likeness (QED) is 0.583. The normalized spacial score (nSPS) is 14.9. The summed E-state index contributed by atoms with van der Waals surface area (Å²) in [5.41, 5.74) is 0.786. The first kappa shape index (κ1) is 22.8. The second-order valence-corrected chi connectivity index (χ2v) is 9.15. The molecule has 0 fully saturated rings. The summed E-state index contributed by atoms with van der Waals surface area (Å²) in [6.07, 6.45) is 4.19. The average Bonchev–Trinajstić information content (AvgIpc) is 3.51. The summed E-state index contributed by atoms with van der Waals surface area (Å²) < 4.78 is 12.4. The van der Waals surface area contributed by atoms with E-state index < -0.39 is 0 Å². The van der Waals surface area contributed by atoms with Crippen LogP contribution in [-0.4, -0.2) is 49.7 Å². The molecule has 10 heteroatoms. The fraction of sp³-hybridized carbons (Fsp3) is 0.522. The minimum Gasteiger partial charge on any atom is -0.472 e. The highest BCUT2D eigenvalue weighted by molar-refractivity contribution is 5.94. The van der Waals surface area contributed by atoms with E-state index in [9.17, 15) is 9.59 Å². The number of hydrogen-bond donors (Lipinski definition) is 1. The van der Waals surface area contributed by atoms with Crippen LogP contribution >= 0.6 is 0 Å². The molecule has 0 radical (unpaired) electrons. The smallest absolute Gasteiger partial charge is 0.276 e. The van der Waals surface area contributed by atoms with Crippen molar-refractivity contribution in [1.82, 2.24) is 30.1 Å². The maximum Gasteiger partial charge on any atom is 0.276 e. The number of aromatic nitrogens is 4. The Morgan fingerprint density at radius 1 is 1.15 bits per heavy atom. The SMILES string of the molecule is CC(C)Cc1cc(C(=O)N2CCc3nnc(C(NC(=O)c4ccoc4)C(C)C)n3CC2)no1. The van der Waals surface area contributed by atoms with E-state index in [4.69, 9.17) is 8.94 Å². The molecule has 0 aliphatic carbocycles. The van der Waals surface area contributed by atoms with Gasteiger partial charge in [-0.3, -0.25) is 9.59 Å². The third-order valence-electron chi connectivity index (χ3n) is 5.74. The van der Waals surface area contributed by atoms with Gasteiger partial charge in [-0.15, -0.1) is 10.2 Å². The lowest BCUT2D eigenvalue weighted by Gasteiger charge is -2.23. The molecule has 0 aromatic carbocycles. The Kier molecular flexibility index (Phi) is 6.62.